The van der Waals surface area contributed by atoms with Crippen LogP contribution in [0.2, 0.25) is 0 Å². The van der Waals surface area contributed by atoms with E-state index in [0.29, 0.717) is 5.56 Å². The Morgan fingerprint density at radius 2 is 1.76 bits per heavy atom. The first kappa shape index (κ1) is 17.8. The van der Waals surface area contributed by atoms with Gasteiger partial charge in [-0.25, -0.2) is 0 Å². The summed E-state index contributed by atoms with van der Waals surface area (Å²) in [4.78, 5) is 2.16. The maximum atomic E-state index is 12.4. The Labute approximate surface area is 124 Å². The lowest BCUT2D eigenvalue weighted by Gasteiger charge is -2.27. The van der Waals surface area contributed by atoms with Gasteiger partial charge in [-0.05, 0) is 42.1 Å². The fraction of sp³-hybridized carbons (Fsp3) is 0.625. The molecule has 0 aliphatic carbocycles. The molecule has 2 rings (SSSR count). The molecule has 0 N–H and O–H groups in total. The molecular weight excluding hydrogens is 279 g/mol. The maximum absolute atomic E-state index is 12.4. The van der Waals surface area contributed by atoms with E-state index in [1.807, 2.05) is 40.8 Å². The van der Waals surface area contributed by atoms with Crippen molar-refractivity contribution in [2.75, 3.05) is 13.6 Å². The number of rotatable bonds is 2. The topological polar surface area (TPSA) is 12.5 Å². The third-order valence-electron chi connectivity index (χ3n) is 3.38. The van der Waals surface area contributed by atoms with Gasteiger partial charge in [0.1, 0.15) is 5.75 Å². The predicted molar refractivity (Wildman–Crippen MR) is 78.6 cm³/mol. The minimum atomic E-state index is -4.64. The number of ether oxygens (including phenoxy) is 1. The Kier molecular flexibility index (Phi) is 6.08. The monoisotopic (exact) mass is 303 g/mol. The molecule has 1 heterocycles. The van der Waals surface area contributed by atoms with E-state index >= 15 is 0 Å². The largest absolute Gasteiger partial charge is 0.573 e. The van der Waals surface area contributed by atoms with Gasteiger partial charge in [0, 0.05) is 13.1 Å². The number of halogens is 3. The van der Waals surface area contributed by atoms with E-state index in [9.17, 15) is 13.2 Å². The summed E-state index contributed by atoms with van der Waals surface area (Å²) in [5, 5.41) is 0. The Morgan fingerprint density at radius 3 is 2.29 bits per heavy atom. The van der Waals surface area contributed by atoms with E-state index in [0.717, 1.165) is 30.6 Å². The smallest absolute Gasteiger partial charge is 0.405 e. The van der Waals surface area contributed by atoms with Gasteiger partial charge in [0.2, 0.25) is 0 Å². The van der Waals surface area contributed by atoms with Crippen LogP contribution in [0.3, 0.4) is 0 Å². The lowest BCUT2D eigenvalue weighted by molar-refractivity contribution is -0.275. The van der Waals surface area contributed by atoms with Crippen molar-refractivity contribution in [3.63, 3.8) is 0 Å². The molecule has 5 heteroatoms. The fourth-order valence-corrected chi connectivity index (χ4v) is 2.41. The minimum Gasteiger partial charge on any atom is -0.405 e. The van der Waals surface area contributed by atoms with Crippen LogP contribution in [0.5, 0.6) is 5.75 Å². The third-order valence-corrected chi connectivity index (χ3v) is 3.38. The van der Waals surface area contributed by atoms with Crippen LogP contribution in [0.4, 0.5) is 13.2 Å². The van der Waals surface area contributed by atoms with E-state index in [-0.39, 0.29) is 11.7 Å². The molecule has 0 aromatic heterocycles. The Morgan fingerprint density at radius 1 is 1.14 bits per heavy atom. The second-order valence-corrected chi connectivity index (χ2v) is 5.35. The SMILES string of the molecule is CC.CC(C)c1cc2c(cc1OC(F)(F)F)CCN(C)C2. The molecule has 0 atom stereocenters. The first-order chi connectivity index (χ1) is 9.76. The molecule has 21 heavy (non-hydrogen) atoms. The van der Waals surface area contributed by atoms with Crippen molar-refractivity contribution in [2.24, 2.45) is 0 Å². The van der Waals surface area contributed by atoms with Crippen molar-refractivity contribution in [3.05, 3.63) is 28.8 Å². The third kappa shape index (κ3) is 4.92. The van der Waals surface area contributed by atoms with Crippen LogP contribution in [0, 0.1) is 0 Å². The molecule has 1 aliphatic rings. The average molecular weight is 303 g/mol. The molecule has 1 aliphatic heterocycles. The Bertz CT molecular complexity index is 469. The van der Waals surface area contributed by atoms with Gasteiger partial charge in [0.05, 0.1) is 0 Å². The lowest BCUT2D eigenvalue weighted by atomic mass is 9.92. The van der Waals surface area contributed by atoms with Gasteiger partial charge in [-0.1, -0.05) is 33.8 Å². The molecule has 1 aromatic carbocycles. The summed E-state index contributed by atoms with van der Waals surface area (Å²) in [6, 6.07) is 3.42. The van der Waals surface area contributed by atoms with Crippen LogP contribution in [-0.2, 0) is 13.0 Å². The highest BCUT2D eigenvalue weighted by Crippen LogP contribution is 2.35. The number of hydrogen-bond acceptors (Lipinski definition) is 2. The second-order valence-electron chi connectivity index (χ2n) is 5.35. The number of likely N-dealkylation sites (N-methyl/N-ethyl adjacent to an activating group) is 1. The number of fused-ring (bicyclic) bond motifs is 1. The van der Waals surface area contributed by atoms with E-state index in [4.69, 9.17) is 0 Å². The molecule has 120 valence electrons. The van der Waals surface area contributed by atoms with Gasteiger partial charge in [0.25, 0.3) is 0 Å². The first-order valence-corrected chi connectivity index (χ1v) is 7.36. The van der Waals surface area contributed by atoms with E-state index in [2.05, 4.69) is 9.64 Å². The Balaban J connectivity index is 0.00000106. The number of hydrogen-bond donors (Lipinski definition) is 0. The molecule has 0 bridgehead atoms. The molecule has 0 saturated carbocycles. The van der Waals surface area contributed by atoms with Crippen molar-refractivity contribution in [3.8, 4) is 5.75 Å². The standard InChI is InChI=1S/C14H18F3NO.C2H6/c1-9(2)12-6-11-8-18(3)5-4-10(11)7-13(12)19-14(15,16)17;1-2/h6-7,9H,4-5,8H2,1-3H3;1-2H3. The second kappa shape index (κ2) is 7.16. The van der Waals surface area contributed by atoms with Crippen LogP contribution in [0.15, 0.2) is 12.1 Å². The van der Waals surface area contributed by atoms with Gasteiger partial charge in [-0.15, -0.1) is 13.2 Å². The number of alkyl halides is 3. The highest BCUT2D eigenvalue weighted by atomic mass is 19.4. The minimum absolute atomic E-state index is 0.00474. The maximum Gasteiger partial charge on any atom is 0.573 e. The zero-order chi connectivity index (χ0) is 16.2. The molecule has 0 unspecified atom stereocenters. The van der Waals surface area contributed by atoms with Crippen molar-refractivity contribution < 1.29 is 17.9 Å². The summed E-state index contributed by atoms with van der Waals surface area (Å²) >= 11 is 0. The molecule has 2 nitrogen and oxygen atoms in total. The van der Waals surface area contributed by atoms with Crippen molar-refractivity contribution in [2.45, 2.75) is 52.9 Å². The van der Waals surface area contributed by atoms with Gasteiger partial charge in [-0.2, -0.15) is 0 Å². The van der Waals surface area contributed by atoms with E-state index < -0.39 is 6.36 Å². The van der Waals surface area contributed by atoms with E-state index in [1.165, 1.54) is 0 Å². The fourth-order valence-electron chi connectivity index (χ4n) is 2.41. The summed E-state index contributed by atoms with van der Waals surface area (Å²) in [5.74, 6) is -0.0549. The highest BCUT2D eigenvalue weighted by Gasteiger charge is 2.33. The van der Waals surface area contributed by atoms with Crippen LogP contribution < -0.4 is 4.74 Å². The van der Waals surface area contributed by atoms with Gasteiger partial charge in [-0.3, -0.25) is 0 Å². The van der Waals surface area contributed by atoms with Crippen molar-refractivity contribution >= 4 is 0 Å². The quantitative estimate of drug-likeness (QED) is 0.783. The van der Waals surface area contributed by atoms with Crippen LogP contribution in [0.1, 0.15) is 50.3 Å². The summed E-state index contributed by atoms with van der Waals surface area (Å²) in [7, 11) is 2.01. The van der Waals surface area contributed by atoms with Crippen LogP contribution in [-0.4, -0.2) is 24.9 Å². The predicted octanol–water partition coefficient (Wildman–Crippen LogP) is 4.72. The molecular formula is C16H24F3NO. The zero-order valence-corrected chi connectivity index (χ0v) is 13.3. The average Bonchev–Trinajstić information content (AvgIpc) is 2.38. The van der Waals surface area contributed by atoms with Crippen LogP contribution in [0.25, 0.3) is 0 Å². The first-order valence-electron chi connectivity index (χ1n) is 7.36. The molecule has 0 fully saturated rings. The van der Waals surface area contributed by atoms with Gasteiger partial charge in [0.15, 0.2) is 0 Å². The number of nitrogens with zero attached hydrogens (tertiary/aromatic N) is 1. The van der Waals surface area contributed by atoms with Gasteiger partial charge < -0.3 is 9.64 Å². The summed E-state index contributed by atoms with van der Waals surface area (Å²) < 4.78 is 41.5. The van der Waals surface area contributed by atoms with Gasteiger partial charge >= 0.3 is 6.36 Å². The van der Waals surface area contributed by atoms with E-state index in [1.54, 1.807) is 6.07 Å². The Hall–Kier alpha value is -1.23. The van der Waals surface area contributed by atoms with Crippen LogP contribution >= 0.6 is 0 Å². The summed E-state index contributed by atoms with van der Waals surface area (Å²) in [6.07, 6.45) is -3.87. The van der Waals surface area contributed by atoms with Crippen molar-refractivity contribution in [1.29, 1.82) is 0 Å². The lowest BCUT2D eigenvalue weighted by Crippen LogP contribution is -2.27. The summed E-state index contributed by atoms with van der Waals surface area (Å²) in [5.41, 5.74) is 2.68. The molecule has 0 amide bonds. The zero-order valence-electron chi connectivity index (χ0n) is 13.3. The molecule has 0 saturated heterocycles. The molecule has 0 radical (unpaired) electrons. The molecule has 0 spiro atoms. The summed E-state index contributed by atoms with van der Waals surface area (Å²) in [6.45, 7) is 9.38. The highest BCUT2D eigenvalue weighted by molar-refractivity contribution is 5.45. The normalized spacial score (nSPS) is 15.3. The molecule has 1 aromatic rings. The van der Waals surface area contributed by atoms with Crippen molar-refractivity contribution in [1.82, 2.24) is 4.90 Å². The number of benzene rings is 1.